The van der Waals surface area contributed by atoms with E-state index in [0.717, 1.165) is 17.7 Å². The standard InChI is InChI=1S/C19H24N4O3/c1-13-5-4-6-15(9-13)26-19(2,3)18(24)22-8-7-17-16(11-22)23-14(12-25-17)10-20-21-23/h4-6,9-10,16-17H,7-8,11-12H2,1-3H3/t16-,17-/m1/s1. The monoisotopic (exact) mass is 356 g/mol. The number of carbonyl (C=O) groups excluding carboxylic acids is 1. The molecule has 2 aliphatic heterocycles. The number of hydrogen-bond acceptors (Lipinski definition) is 5. The van der Waals surface area contributed by atoms with E-state index in [0.29, 0.717) is 25.4 Å². The molecule has 0 unspecified atom stereocenters. The van der Waals surface area contributed by atoms with Gasteiger partial charge in [0.05, 0.1) is 30.6 Å². The van der Waals surface area contributed by atoms with Gasteiger partial charge in [-0.25, -0.2) is 4.68 Å². The zero-order valence-corrected chi connectivity index (χ0v) is 15.4. The molecule has 138 valence electrons. The van der Waals surface area contributed by atoms with Gasteiger partial charge in [-0.05, 0) is 44.9 Å². The molecule has 0 spiro atoms. The predicted octanol–water partition coefficient (Wildman–Crippen LogP) is 2.12. The number of hydrogen-bond donors (Lipinski definition) is 0. The molecule has 1 amide bonds. The Bertz CT molecular complexity index is 817. The summed E-state index contributed by atoms with van der Waals surface area (Å²) in [7, 11) is 0. The molecule has 2 aliphatic rings. The summed E-state index contributed by atoms with van der Waals surface area (Å²) in [6, 6.07) is 7.77. The van der Waals surface area contributed by atoms with Crippen LogP contribution >= 0.6 is 0 Å². The zero-order chi connectivity index (χ0) is 18.3. The first-order valence-electron chi connectivity index (χ1n) is 9.00. The fourth-order valence-electron chi connectivity index (χ4n) is 3.76. The summed E-state index contributed by atoms with van der Waals surface area (Å²) >= 11 is 0. The molecule has 26 heavy (non-hydrogen) atoms. The summed E-state index contributed by atoms with van der Waals surface area (Å²) in [5.41, 5.74) is 1.11. The van der Waals surface area contributed by atoms with E-state index < -0.39 is 5.60 Å². The van der Waals surface area contributed by atoms with Crippen LogP contribution in [0.2, 0.25) is 0 Å². The number of likely N-dealkylation sites (tertiary alicyclic amines) is 1. The molecule has 2 atom stereocenters. The maximum atomic E-state index is 13.1. The average Bonchev–Trinajstić information content (AvgIpc) is 3.09. The molecule has 3 heterocycles. The maximum absolute atomic E-state index is 13.1. The van der Waals surface area contributed by atoms with Crippen molar-refractivity contribution in [2.75, 3.05) is 13.1 Å². The van der Waals surface area contributed by atoms with Crippen molar-refractivity contribution in [2.24, 2.45) is 0 Å². The smallest absolute Gasteiger partial charge is 0.266 e. The van der Waals surface area contributed by atoms with Gasteiger partial charge in [-0.2, -0.15) is 0 Å². The summed E-state index contributed by atoms with van der Waals surface area (Å²) in [5.74, 6) is 0.683. The Balaban J connectivity index is 1.50. The minimum absolute atomic E-state index is 0.00807. The molecule has 1 aromatic heterocycles. The first-order chi connectivity index (χ1) is 12.4. The van der Waals surface area contributed by atoms with Gasteiger partial charge >= 0.3 is 0 Å². The number of carbonyl (C=O) groups is 1. The second kappa shape index (κ2) is 6.39. The number of nitrogens with zero attached hydrogens (tertiary/aromatic N) is 4. The summed E-state index contributed by atoms with van der Waals surface area (Å²) < 4.78 is 13.9. The van der Waals surface area contributed by atoms with Crippen LogP contribution in [0, 0.1) is 6.92 Å². The molecular weight excluding hydrogens is 332 g/mol. The van der Waals surface area contributed by atoms with E-state index >= 15 is 0 Å². The summed E-state index contributed by atoms with van der Waals surface area (Å²) in [5, 5.41) is 8.17. The minimum Gasteiger partial charge on any atom is -0.478 e. The van der Waals surface area contributed by atoms with E-state index in [2.05, 4.69) is 10.3 Å². The normalized spacial score (nSPS) is 22.5. The SMILES string of the molecule is Cc1cccc(OC(C)(C)C(=O)N2CC[C@H]3OCc4cnnn4[C@@H]3C2)c1. The average molecular weight is 356 g/mol. The van der Waals surface area contributed by atoms with Crippen LogP contribution in [0.5, 0.6) is 5.75 Å². The van der Waals surface area contributed by atoms with Crippen LogP contribution in [0.15, 0.2) is 30.5 Å². The second-order valence-corrected chi connectivity index (χ2v) is 7.56. The molecule has 0 aliphatic carbocycles. The molecule has 0 bridgehead atoms. The van der Waals surface area contributed by atoms with Crippen molar-refractivity contribution in [1.82, 2.24) is 19.9 Å². The lowest BCUT2D eigenvalue weighted by Gasteiger charge is -2.43. The Morgan fingerprint density at radius 2 is 2.23 bits per heavy atom. The maximum Gasteiger partial charge on any atom is 0.266 e. The van der Waals surface area contributed by atoms with Gasteiger partial charge in [0.1, 0.15) is 5.75 Å². The highest BCUT2D eigenvalue weighted by atomic mass is 16.5. The van der Waals surface area contributed by atoms with Gasteiger partial charge in [0.25, 0.3) is 5.91 Å². The van der Waals surface area contributed by atoms with E-state index in [1.165, 1.54) is 0 Å². The Kier molecular flexibility index (Phi) is 4.19. The molecule has 0 saturated carbocycles. The summed E-state index contributed by atoms with van der Waals surface area (Å²) in [6.45, 7) is 7.39. The zero-order valence-electron chi connectivity index (χ0n) is 15.4. The fraction of sp³-hybridized carbons (Fsp3) is 0.526. The lowest BCUT2D eigenvalue weighted by atomic mass is 9.98. The fourth-order valence-corrected chi connectivity index (χ4v) is 3.76. The van der Waals surface area contributed by atoms with Gasteiger partial charge in [0.2, 0.25) is 0 Å². The Hall–Kier alpha value is -2.41. The first kappa shape index (κ1) is 17.0. The van der Waals surface area contributed by atoms with Crippen LogP contribution in [0.3, 0.4) is 0 Å². The van der Waals surface area contributed by atoms with Gasteiger partial charge in [-0.1, -0.05) is 17.3 Å². The molecule has 2 aromatic rings. The van der Waals surface area contributed by atoms with Crippen LogP contribution in [0.1, 0.15) is 37.6 Å². The molecule has 4 rings (SSSR count). The number of piperidine rings is 1. The quantitative estimate of drug-likeness (QED) is 0.842. The molecule has 7 nitrogen and oxygen atoms in total. The Morgan fingerprint density at radius 1 is 1.38 bits per heavy atom. The highest BCUT2D eigenvalue weighted by Gasteiger charge is 2.42. The third-order valence-electron chi connectivity index (χ3n) is 5.09. The van der Waals surface area contributed by atoms with E-state index in [9.17, 15) is 4.79 Å². The van der Waals surface area contributed by atoms with Gasteiger partial charge in [-0.15, -0.1) is 5.10 Å². The number of rotatable bonds is 3. The molecule has 1 fully saturated rings. The van der Waals surface area contributed by atoms with E-state index in [1.54, 1.807) is 6.20 Å². The van der Waals surface area contributed by atoms with Crippen LogP contribution in [0.4, 0.5) is 0 Å². The van der Waals surface area contributed by atoms with Gasteiger partial charge in [0.15, 0.2) is 5.60 Å². The number of benzene rings is 1. The van der Waals surface area contributed by atoms with E-state index in [4.69, 9.17) is 9.47 Å². The third kappa shape index (κ3) is 3.07. The Morgan fingerprint density at radius 3 is 3.04 bits per heavy atom. The molecule has 1 aromatic carbocycles. The molecule has 0 N–H and O–H groups in total. The van der Waals surface area contributed by atoms with Crippen molar-refractivity contribution < 1.29 is 14.3 Å². The van der Waals surface area contributed by atoms with Crippen molar-refractivity contribution in [2.45, 2.75) is 51.5 Å². The lowest BCUT2D eigenvalue weighted by molar-refractivity contribution is -0.151. The number of ether oxygens (including phenoxy) is 2. The predicted molar refractivity (Wildman–Crippen MR) is 94.7 cm³/mol. The number of aryl methyl sites for hydroxylation is 1. The van der Waals surface area contributed by atoms with Crippen LogP contribution in [0.25, 0.3) is 0 Å². The second-order valence-electron chi connectivity index (χ2n) is 7.56. The third-order valence-corrected chi connectivity index (χ3v) is 5.09. The van der Waals surface area contributed by atoms with E-state index in [-0.39, 0.29) is 18.1 Å². The van der Waals surface area contributed by atoms with Crippen LogP contribution in [-0.4, -0.2) is 50.6 Å². The number of fused-ring (bicyclic) bond motifs is 3. The molecule has 1 saturated heterocycles. The molecule has 7 heteroatoms. The van der Waals surface area contributed by atoms with Crippen molar-refractivity contribution >= 4 is 5.91 Å². The largest absolute Gasteiger partial charge is 0.478 e. The summed E-state index contributed by atoms with van der Waals surface area (Å²) in [4.78, 5) is 15.0. The van der Waals surface area contributed by atoms with Crippen LogP contribution in [-0.2, 0) is 16.1 Å². The number of amides is 1. The molecule has 0 radical (unpaired) electrons. The summed E-state index contributed by atoms with van der Waals surface area (Å²) in [6.07, 6.45) is 2.59. The van der Waals surface area contributed by atoms with Crippen molar-refractivity contribution in [3.8, 4) is 5.75 Å². The van der Waals surface area contributed by atoms with Crippen molar-refractivity contribution in [1.29, 1.82) is 0 Å². The first-order valence-corrected chi connectivity index (χ1v) is 9.00. The van der Waals surface area contributed by atoms with Crippen molar-refractivity contribution in [3.05, 3.63) is 41.7 Å². The highest BCUT2D eigenvalue weighted by molar-refractivity contribution is 5.85. The molecular formula is C19H24N4O3. The highest BCUT2D eigenvalue weighted by Crippen LogP contribution is 2.31. The van der Waals surface area contributed by atoms with Crippen molar-refractivity contribution in [3.63, 3.8) is 0 Å². The van der Waals surface area contributed by atoms with Gasteiger partial charge < -0.3 is 14.4 Å². The number of aromatic nitrogens is 3. The minimum atomic E-state index is -0.943. The van der Waals surface area contributed by atoms with Crippen LogP contribution < -0.4 is 4.74 Å². The topological polar surface area (TPSA) is 69.5 Å². The van der Waals surface area contributed by atoms with Gasteiger partial charge in [-0.3, -0.25) is 4.79 Å². The Labute approximate surface area is 152 Å². The van der Waals surface area contributed by atoms with E-state index in [1.807, 2.05) is 54.6 Å². The lowest BCUT2D eigenvalue weighted by Crippen LogP contribution is -2.56. The van der Waals surface area contributed by atoms with Gasteiger partial charge in [0, 0.05) is 13.1 Å².